The molecule has 2 aromatic rings. The van der Waals surface area contributed by atoms with Gasteiger partial charge in [0.05, 0.1) is 12.7 Å². The maximum atomic E-state index is 10.2. The maximum Gasteiger partial charge on any atom is 0.0916 e. The van der Waals surface area contributed by atoms with Crippen LogP contribution in [0.1, 0.15) is 11.7 Å². The molecule has 3 nitrogen and oxygen atoms in total. The first-order valence-corrected chi connectivity index (χ1v) is 6.83. The van der Waals surface area contributed by atoms with E-state index in [0.717, 1.165) is 11.1 Å². The highest BCUT2D eigenvalue weighted by Crippen LogP contribution is 2.22. The van der Waals surface area contributed by atoms with Crippen LogP contribution < -0.4 is 0 Å². The first-order chi connectivity index (χ1) is 9.70. The molecule has 0 spiro atoms. The molecule has 0 aliphatic rings. The summed E-state index contributed by atoms with van der Waals surface area (Å²) in [4.78, 5) is 1.91. The van der Waals surface area contributed by atoms with Crippen LogP contribution in [-0.2, 0) is 0 Å². The number of aliphatic hydroxyl groups excluding tert-OH is 2. The van der Waals surface area contributed by atoms with Gasteiger partial charge in [0.1, 0.15) is 0 Å². The number of benzene rings is 2. The lowest BCUT2D eigenvalue weighted by Gasteiger charge is -2.19. The quantitative estimate of drug-likeness (QED) is 0.847. The highest BCUT2D eigenvalue weighted by molar-refractivity contribution is 5.63. The Bertz CT molecular complexity index is 510. The molecule has 0 bridgehead atoms. The van der Waals surface area contributed by atoms with Crippen LogP contribution in [0.5, 0.6) is 0 Å². The average molecular weight is 271 g/mol. The minimum absolute atomic E-state index is 0.107. The van der Waals surface area contributed by atoms with Gasteiger partial charge in [-0.05, 0) is 23.7 Å². The lowest BCUT2D eigenvalue weighted by molar-refractivity contribution is 0.115. The largest absolute Gasteiger partial charge is 0.395 e. The molecular weight excluding hydrogens is 250 g/mol. The van der Waals surface area contributed by atoms with Gasteiger partial charge in [-0.15, -0.1) is 0 Å². The number of rotatable bonds is 6. The predicted molar refractivity (Wildman–Crippen MR) is 81.4 cm³/mol. The van der Waals surface area contributed by atoms with Gasteiger partial charge >= 0.3 is 0 Å². The van der Waals surface area contributed by atoms with Gasteiger partial charge in [0, 0.05) is 13.1 Å². The third-order valence-corrected chi connectivity index (χ3v) is 3.37. The minimum Gasteiger partial charge on any atom is -0.395 e. The van der Waals surface area contributed by atoms with Gasteiger partial charge in [-0.2, -0.15) is 0 Å². The Labute approximate surface area is 120 Å². The van der Waals surface area contributed by atoms with Crippen molar-refractivity contribution >= 4 is 0 Å². The molecule has 1 unspecified atom stereocenters. The molecule has 0 heterocycles. The molecule has 1 atom stereocenters. The third kappa shape index (κ3) is 3.90. The topological polar surface area (TPSA) is 43.7 Å². The molecule has 0 aliphatic heterocycles. The highest BCUT2D eigenvalue weighted by Gasteiger charge is 2.10. The highest BCUT2D eigenvalue weighted by atomic mass is 16.3. The average Bonchev–Trinajstić information content (AvgIpc) is 2.48. The van der Waals surface area contributed by atoms with Gasteiger partial charge in [-0.3, -0.25) is 0 Å². The van der Waals surface area contributed by atoms with Crippen LogP contribution in [0.2, 0.25) is 0 Å². The zero-order valence-electron chi connectivity index (χ0n) is 11.7. The molecule has 0 saturated heterocycles. The molecular formula is C17H21NO2. The van der Waals surface area contributed by atoms with Crippen molar-refractivity contribution in [3.05, 3.63) is 60.2 Å². The second kappa shape index (κ2) is 7.20. The van der Waals surface area contributed by atoms with Crippen molar-refractivity contribution in [3.8, 4) is 11.1 Å². The van der Waals surface area contributed by atoms with E-state index < -0.39 is 6.10 Å². The number of aliphatic hydroxyl groups is 2. The van der Waals surface area contributed by atoms with E-state index in [1.54, 1.807) is 0 Å². The third-order valence-electron chi connectivity index (χ3n) is 3.37. The summed E-state index contributed by atoms with van der Waals surface area (Å²) in [5, 5.41) is 19.0. The van der Waals surface area contributed by atoms with Crippen molar-refractivity contribution in [1.82, 2.24) is 4.90 Å². The van der Waals surface area contributed by atoms with Gasteiger partial charge in [0.2, 0.25) is 0 Å². The molecule has 0 saturated carbocycles. The standard InChI is InChI=1S/C17H21NO2/c1-18(11-12-19)13-17(20)16-9-7-15(8-10-16)14-5-3-2-4-6-14/h2-10,17,19-20H,11-13H2,1H3. The zero-order chi connectivity index (χ0) is 14.4. The fourth-order valence-corrected chi connectivity index (χ4v) is 2.19. The Kier molecular flexibility index (Phi) is 5.30. The minimum atomic E-state index is -0.531. The molecule has 0 fully saturated rings. The number of hydrogen-bond acceptors (Lipinski definition) is 3. The van der Waals surface area contributed by atoms with Gasteiger partial charge in [-0.1, -0.05) is 54.6 Å². The van der Waals surface area contributed by atoms with Gasteiger partial charge in [-0.25, -0.2) is 0 Å². The van der Waals surface area contributed by atoms with E-state index in [2.05, 4.69) is 12.1 Å². The first kappa shape index (κ1) is 14.7. The van der Waals surface area contributed by atoms with Crippen molar-refractivity contribution < 1.29 is 10.2 Å². The number of nitrogens with zero attached hydrogens (tertiary/aromatic N) is 1. The summed E-state index contributed by atoms with van der Waals surface area (Å²) in [7, 11) is 1.89. The smallest absolute Gasteiger partial charge is 0.0916 e. The SMILES string of the molecule is CN(CCO)CC(O)c1ccc(-c2ccccc2)cc1. The molecule has 0 aromatic heterocycles. The van der Waals surface area contributed by atoms with Crippen molar-refractivity contribution in [2.24, 2.45) is 0 Å². The van der Waals surface area contributed by atoms with Crippen LogP contribution in [0.4, 0.5) is 0 Å². The number of hydrogen-bond donors (Lipinski definition) is 2. The van der Waals surface area contributed by atoms with Gasteiger partial charge in [0.15, 0.2) is 0 Å². The molecule has 2 N–H and O–H groups in total. The summed E-state index contributed by atoms with van der Waals surface area (Å²) in [5.41, 5.74) is 3.21. The summed E-state index contributed by atoms with van der Waals surface area (Å²) >= 11 is 0. The second-order valence-electron chi connectivity index (χ2n) is 4.99. The van der Waals surface area contributed by atoms with E-state index in [4.69, 9.17) is 5.11 Å². The fraction of sp³-hybridized carbons (Fsp3) is 0.294. The second-order valence-corrected chi connectivity index (χ2v) is 4.99. The van der Waals surface area contributed by atoms with Crippen LogP contribution in [-0.4, -0.2) is 41.9 Å². The lowest BCUT2D eigenvalue weighted by Crippen LogP contribution is -2.27. The van der Waals surface area contributed by atoms with Crippen molar-refractivity contribution in [1.29, 1.82) is 0 Å². The van der Waals surface area contributed by atoms with E-state index in [9.17, 15) is 5.11 Å². The fourth-order valence-electron chi connectivity index (χ4n) is 2.19. The molecule has 0 radical (unpaired) electrons. The van der Waals surface area contributed by atoms with E-state index in [0.29, 0.717) is 13.1 Å². The monoisotopic (exact) mass is 271 g/mol. The van der Waals surface area contributed by atoms with Crippen molar-refractivity contribution in [3.63, 3.8) is 0 Å². The van der Waals surface area contributed by atoms with Crippen LogP contribution >= 0.6 is 0 Å². The van der Waals surface area contributed by atoms with E-state index in [1.807, 2.05) is 54.4 Å². The Hall–Kier alpha value is -1.68. The zero-order valence-corrected chi connectivity index (χ0v) is 11.7. The van der Waals surface area contributed by atoms with Crippen LogP contribution in [0, 0.1) is 0 Å². The molecule has 2 aromatic carbocycles. The van der Waals surface area contributed by atoms with Crippen molar-refractivity contribution in [2.75, 3.05) is 26.7 Å². The van der Waals surface area contributed by atoms with Crippen LogP contribution in [0.3, 0.4) is 0 Å². The molecule has 20 heavy (non-hydrogen) atoms. The van der Waals surface area contributed by atoms with Gasteiger partial charge in [0.25, 0.3) is 0 Å². The van der Waals surface area contributed by atoms with Gasteiger partial charge < -0.3 is 15.1 Å². The molecule has 0 amide bonds. The molecule has 2 rings (SSSR count). The Morgan fingerprint density at radius 2 is 1.55 bits per heavy atom. The number of likely N-dealkylation sites (N-methyl/N-ethyl adjacent to an activating group) is 1. The first-order valence-electron chi connectivity index (χ1n) is 6.83. The maximum absolute atomic E-state index is 10.2. The van der Waals surface area contributed by atoms with E-state index in [-0.39, 0.29) is 6.61 Å². The Morgan fingerprint density at radius 3 is 2.15 bits per heavy atom. The van der Waals surface area contributed by atoms with E-state index >= 15 is 0 Å². The summed E-state index contributed by atoms with van der Waals surface area (Å²) in [6.07, 6.45) is -0.531. The molecule has 3 heteroatoms. The molecule has 106 valence electrons. The van der Waals surface area contributed by atoms with Crippen LogP contribution in [0.15, 0.2) is 54.6 Å². The van der Waals surface area contributed by atoms with E-state index in [1.165, 1.54) is 5.56 Å². The molecule has 0 aliphatic carbocycles. The summed E-state index contributed by atoms with van der Waals surface area (Å²) < 4.78 is 0. The summed E-state index contributed by atoms with van der Waals surface area (Å²) in [5.74, 6) is 0. The lowest BCUT2D eigenvalue weighted by atomic mass is 10.0. The summed E-state index contributed by atoms with van der Waals surface area (Å²) in [6.45, 7) is 1.20. The van der Waals surface area contributed by atoms with Crippen molar-refractivity contribution in [2.45, 2.75) is 6.10 Å². The van der Waals surface area contributed by atoms with Crippen LogP contribution in [0.25, 0.3) is 11.1 Å². The summed E-state index contributed by atoms with van der Waals surface area (Å²) in [6, 6.07) is 18.1. The Morgan fingerprint density at radius 1 is 0.950 bits per heavy atom. The normalized spacial score (nSPS) is 12.6. The predicted octanol–water partition coefficient (Wildman–Crippen LogP) is 2.31. The Balaban J connectivity index is 2.04.